The number of thioether (sulfide) groups is 1. The summed E-state index contributed by atoms with van der Waals surface area (Å²) in [4.78, 5) is 25.0. The molecule has 0 aliphatic heterocycles. The topological polar surface area (TPSA) is 66.4 Å². The molecule has 4 nitrogen and oxygen atoms in total. The van der Waals surface area contributed by atoms with E-state index in [1.165, 1.54) is 38.5 Å². The fourth-order valence-corrected chi connectivity index (χ4v) is 3.83. The van der Waals surface area contributed by atoms with Crippen LogP contribution in [-0.4, -0.2) is 22.7 Å². The van der Waals surface area contributed by atoms with Gasteiger partial charge in [-0.2, -0.15) is 0 Å². The number of aromatic carboxylic acids is 1. The van der Waals surface area contributed by atoms with Gasteiger partial charge in [0.15, 0.2) is 0 Å². The Balaban J connectivity index is 1.86. The summed E-state index contributed by atoms with van der Waals surface area (Å²) in [5.74, 6) is -0.275. The summed E-state index contributed by atoms with van der Waals surface area (Å²) in [6.45, 7) is 4.05. The van der Waals surface area contributed by atoms with Crippen LogP contribution in [0.25, 0.3) is 0 Å². The second-order valence-electron chi connectivity index (χ2n) is 6.95. The Hall–Kier alpha value is -2.27. The van der Waals surface area contributed by atoms with E-state index in [4.69, 9.17) is 0 Å². The number of hydrogen-bond donors (Lipinski definition) is 2. The van der Waals surface area contributed by atoms with Gasteiger partial charge in [-0.3, -0.25) is 4.79 Å². The van der Waals surface area contributed by atoms with Gasteiger partial charge in [-0.25, -0.2) is 4.79 Å². The minimum absolute atomic E-state index is 0.0967. The molecule has 0 saturated carbocycles. The van der Waals surface area contributed by atoms with Gasteiger partial charge in [0.05, 0.1) is 11.3 Å². The predicted molar refractivity (Wildman–Crippen MR) is 117 cm³/mol. The molecule has 2 aromatic rings. The molecule has 0 fully saturated rings. The Morgan fingerprint density at radius 3 is 2.32 bits per heavy atom. The van der Waals surface area contributed by atoms with Crippen LogP contribution in [0.15, 0.2) is 47.4 Å². The predicted octanol–water partition coefficient (Wildman–Crippen LogP) is 6.40. The van der Waals surface area contributed by atoms with Gasteiger partial charge >= 0.3 is 5.97 Å². The molecule has 2 rings (SSSR count). The number of carboxylic acids is 1. The average molecular weight is 400 g/mol. The van der Waals surface area contributed by atoms with Crippen molar-refractivity contribution in [2.45, 2.75) is 57.3 Å². The Morgan fingerprint density at radius 2 is 1.64 bits per heavy atom. The van der Waals surface area contributed by atoms with Gasteiger partial charge in [0.2, 0.25) is 0 Å². The number of rotatable bonds is 11. The molecule has 2 N–H and O–H groups in total. The molecule has 0 saturated heterocycles. The summed E-state index contributed by atoms with van der Waals surface area (Å²) in [6.07, 6.45) is 7.72. The van der Waals surface area contributed by atoms with Crippen LogP contribution in [0.4, 0.5) is 5.69 Å². The number of hydrogen-bond acceptors (Lipinski definition) is 3. The van der Waals surface area contributed by atoms with E-state index in [1.807, 2.05) is 30.8 Å². The van der Waals surface area contributed by atoms with E-state index in [2.05, 4.69) is 12.2 Å². The normalized spacial score (nSPS) is 10.6. The molecule has 0 atom stereocenters. The zero-order valence-electron chi connectivity index (χ0n) is 16.7. The summed E-state index contributed by atoms with van der Waals surface area (Å²) < 4.78 is 0. The van der Waals surface area contributed by atoms with Crippen molar-refractivity contribution < 1.29 is 14.7 Å². The van der Waals surface area contributed by atoms with E-state index >= 15 is 0 Å². The van der Waals surface area contributed by atoms with E-state index in [-0.39, 0.29) is 11.5 Å². The lowest BCUT2D eigenvalue weighted by Gasteiger charge is -2.10. The third-order valence-corrected chi connectivity index (χ3v) is 5.64. The van der Waals surface area contributed by atoms with Crippen molar-refractivity contribution in [2.75, 3.05) is 11.1 Å². The highest BCUT2D eigenvalue weighted by molar-refractivity contribution is 7.99. The first-order chi connectivity index (χ1) is 13.5. The van der Waals surface area contributed by atoms with Crippen molar-refractivity contribution in [2.24, 2.45) is 0 Å². The minimum atomic E-state index is -1.06. The Kier molecular flexibility index (Phi) is 9.08. The SMILES string of the molecule is CCCCCCCCSc1ccc(C(=O)Nc2ccc(C)cc2C(=O)O)cc1. The first-order valence-corrected chi connectivity index (χ1v) is 10.9. The molecule has 150 valence electrons. The molecule has 1 amide bonds. The molecule has 0 unspecified atom stereocenters. The zero-order chi connectivity index (χ0) is 20.4. The van der Waals surface area contributed by atoms with Crippen LogP contribution in [0.2, 0.25) is 0 Å². The smallest absolute Gasteiger partial charge is 0.337 e. The molecule has 0 spiro atoms. The molecule has 5 heteroatoms. The van der Waals surface area contributed by atoms with Crippen LogP contribution >= 0.6 is 11.8 Å². The summed E-state index contributed by atoms with van der Waals surface area (Å²) in [5, 5.41) is 12.0. The minimum Gasteiger partial charge on any atom is -0.478 e. The molecule has 0 aliphatic carbocycles. The summed E-state index contributed by atoms with van der Waals surface area (Å²) in [5.41, 5.74) is 1.76. The van der Waals surface area contributed by atoms with Crippen LogP contribution in [0, 0.1) is 6.92 Å². The average Bonchev–Trinajstić information content (AvgIpc) is 2.69. The first-order valence-electron chi connectivity index (χ1n) is 9.89. The van der Waals surface area contributed by atoms with E-state index in [9.17, 15) is 14.7 Å². The fraction of sp³-hybridized carbons (Fsp3) is 0.391. The monoisotopic (exact) mass is 399 g/mol. The summed E-state index contributed by atoms with van der Waals surface area (Å²) in [7, 11) is 0. The maximum atomic E-state index is 12.5. The quantitative estimate of drug-likeness (QED) is 0.339. The number of unbranched alkanes of at least 4 members (excludes halogenated alkanes) is 5. The number of amides is 1. The summed E-state index contributed by atoms with van der Waals surface area (Å²) in [6, 6.07) is 12.4. The highest BCUT2D eigenvalue weighted by atomic mass is 32.2. The molecular formula is C23H29NO3S. The molecule has 2 aromatic carbocycles. The number of carbonyl (C=O) groups is 2. The molecule has 0 bridgehead atoms. The van der Waals surface area contributed by atoms with Crippen LogP contribution in [0.1, 0.15) is 71.7 Å². The van der Waals surface area contributed by atoms with Crippen molar-refractivity contribution in [3.05, 3.63) is 59.2 Å². The highest BCUT2D eigenvalue weighted by Gasteiger charge is 2.14. The molecular weight excluding hydrogens is 370 g/mol. The van der Waals surface area contributed by atoms with Gasteiger partial charge in [0.1, 0.15) is 0 Å². The van der Waals surface area contributed by atoms with Crippen molar-refractivity contribution in [3.63, 3.8) is 0 Å². The Labute approximate surface area is 171 Å². The lowest BCUT2D eigenvalue weighted by Crippen LogP contribution is -2.14. The van der Waals surface area contributed by atoms with Crippen molar-refractivity contribution in [1.82, 2.24) is 0 Å². The van der Waals surface area contributed by atoms with Crippen LogP contribution in [0.3, 0.4) is 0 Å². The van der Waals surface area contributed by atoms with Gasteiger partial charge in [0, 0.05) is 10.5 Å². The Morgan fingerprint density at radius 1 is 0.964 bits per heavy atom. The Bertz CT molecular complexity index is 787. The zero-order valence-corrected chi connectivity index (χ0v) is 17.5. The number of nitrogens with one attached hydrogen (secondary N) is 1. The summed E-state index contributed by atoms with van der Waals surface area (Å²) >= 11 is 1.81. The van der Waals surface area contributed by atoms with Crippen LogP contribution < -0.4 is 5.32 Å². The number of benzene rings is 2. The number of anilines is 1. The third-order valence-electron chi connectivity index (χ3n) is 4.54. The van der Waals surface area contributed by atoms with Gasteiger partial charge in [-0.15, -0.1) is 11.8 Å². The van der Waals surface area contributed by atoms with Crippen molar-refractivity contribution in [1.29, 1.82) is 0 Å². The van der Waals surface area contributed by atoms with E-state index in [0.29, 0.717) is 11.3 Å². The molecule has 0 radical (unpaired) electrons. The van der Waals surface area contributed by atoms with Gasteiger partial charge in [-0.1, -0.05) is 50.7 Å². The maximum Gasteiger partial charge on any atom is 0.337 e. The lowest BCUT2D eigenvalue weighted by atomic mass is 10.1. The van der Waals surface area contributed by atoms with Crippen LogP contribution in [0.5, 0.6) is 0 Å². The lowest BCUT2D eigenvalue weighted by molar-refractivity contribution is 0.0698. The van der Waals surface area contributed by atoms with Crippen molar-refractivity contribution in [3.8, 4) is 0 Å². The molecule has 0 aliphatic rings. The molecule has 0 heterocycles. The van der Waals surface area contributed by atoms with E-state index in [0.717, 1.165) is 16.2 Å². The van der Waals surface area contributed by atoms with Gasteiger partial charge < -0.3 is 10.4 Å². The largest absolute Gasteiger partial charge is 0.478 e. The maximum absolute atomic E-state index is 12.5. The fourth-order valence-electron chi connectivity index (χ4n) is 2.91. The second kappa shape index (κ2) is 11.5. The van der Waals surface area contributed by atoms with E-state index < -0.39 is 5.97 Å². The second-order valence-corrected chi connectivity index (χ2v) is 8.12. The van der Waals surface area contributed by atoms with Gasteiger partial charge in [0.25, 0.3) is 5.91 Å². The number of carbonyl (C=O) groups excluding carboxylic acids is 1. The molecule has 0 aromatic heterocycles. The first kappa shape index (κ1) is 22.0. The van der Waals surface area contributed by atoms with Crippen LogP contribution in [-0.2, 0) is 0 Å². The third kappa shape index (κ3) is 7.04. The number of carboxylic acid groups (broad SMARTS) is 1. The highest BCUT2D eigenvalue weighted by Crippen LogP contribution is 2.22. The number of aryl methyl sites for hydroxylation is 1. The van der Waals surface area contributed by atoms with Crippen molar-refractivity contribution >= 4 is 29.3 Å². The standard InChI is InChI=1S/C23H29NO3S/c1-3-4-5-6-7-8-15-28-19-12-10-18(11-13-19)22(25)24-21-14-9-17(2)16-20(21)23(26)27/h9-14,16H,3-8,15H2,1-2H3,(H,24,25)(H,26,27). The van der Waals surface area contributed by atoms with Gasteiger partial charge in [-0.05, 0) is 55.5 Å². The van der Waals surface area contributed by atoms with E-state index in [1.54, 1.807) is 30.3 Å². The molecule has 28 heavy (non-hydrogen) atoms.